The molecule has 0 radical (unpaired) electrons. The molecule has 1 aromatic carbocycles. The molecular formula is C12H13NS2. The Hall–Kier alpha value is -0.800. The van der Waals surface area contributed by atoms with Crippen LogP contribution in [0.2, 0.25) is 0 Å². The fraction of sp³-hybridized carbons (Fsp3) is 0.250. The Kier molecular flexibility index (Phi) is 3.80. The topological polar surface area (TPSA) is 12.9 Å². The molecule has 0 fully saturated rings. The first-order chi connectivity index (χ1) is 7.36. The quantitative estimate of drug-likeness (QED) is 0.799. The Labute approximate surface area is 99.7 Å². The van der Waals surface area contributed by atoms with Gasteiger partial charge < -0.3 is 0 Å². The van der Waals surface area contributed by atoms with Crippen LogP contribution in [0.25, 0.3) is 0 Å². The second kappa shape index (κ2) is 5.33. The van der Waals surface area contributed by atoms with Gasteiger partial charge in [-0.25, -0.2) is 0 Å². The summed E-state index contributed by atoms with van der Waals surface area (Å²) in [6.45, 7) is 0. The van der Waals surface area contributed by atoms with Gasteiger partial charge in [-0.2, -0.15) is 4.37 Å². The normalized spacial score (nSPS) is 10.5. The van der Waals surface area contributed by atoms with Gasteiger partial charge in [-0.05, 0) is 36.4 Å². The predicted molar refractivity (Wildman–Crippen MR) is 67.8 cm³/mol. The van der Waals surface area contributed by atoms with Crippen LogP contribution in [-0.4, -0.2) is 4.37 Å². The Bertz CT molecular complexity index is 409. The Morgan fingerprint density at radius 3 is 2.60 bits per heavy atom. The fourth-order valence-electron chi connectivity index (χ4n) is 1.53. The van der Waals surface area contributed by atoms with Crippen molar-refractivity contribution in [1.29, 1.82) is 0 Å². The SMILES string of the molecule is Sc1csnc1CCCc1ccccc1. The third-order valence-corrected chi connectivity index (χ3v) is 3.57. The predicted octanol–water partition coefficient (Wildman–Crippen LogP) is 3.61. The molecular weight excluding hydrogens is 222 g/mol. The van der Waals surface area contributed by atoms with Crippen LogP contribution in [0.5, 0.6) is 0 Å². The number of aryl methyl sites for hydroxylation is 2. The fourth-order valence-corrected chi connectivity index (χ4v) is 2.51. The summed E-state index contributed by atoms with van der Waals surface area (Å²) in [6, 6.07) is 10.6. The maximum atomic E-state index is 4.36. The van der Waals surface area contributed by atoms with E-state index in [0.717, 1.165) is 29.9 Å². The summed E-state index contributed by atoms with van der Waals surface area (Å²) in [5, 5.41) is 1.99. The third kappa shape index (κ3) is 3.08. The Balaban J connectivity index is 1.83. The smallest absolute Gasteiger partial charge is 0.0675 e. The summed E-state index contributed by atoms with van der Waals surface area (Å²) in [6.07, 6.45) is 3.28. The zero-order valence-electron chi connectivity index (χ0n) is 8.39. The number of thiol groups is 1. The van der Waals surface area contributed by atoms with E-state index in [-0.39, 0.29) is 0 Å². The van der Waals surface area contributed by atoms with Gasteiger partial charge in [-0.15, -0.1) is 12.6 Å². The standard InChI is InChI=1S/C12H13NS2/c14-12-9-15-13-11(12)8-4-7-10-5-2-1-3-6-10/h1-3,5-6,9,14H,4,7-8H2. The van der Waals surface area contributed by atoms with E-state index in [0.29, 0.717) is 0 Å². The number of aromatic nitrogens is 1. The monoisotopic (exact) mass is 235 g/mol. The van der Waals surface area contributed by atoms with Gasteiger partial charge in [0.15, 0.2) is 0 Å². The van der Waals surface area contributed by atoms with Crippen LogP contribution < -0.4 is 0 Å². The maximum Gasteiger partial charge on any atom is 0.0675 e. The molecule has 0 amide bonds. The number of hydrogen-bond donors (Lipinski definition) is 1. The highest BCUT2D eigenvalue weighted by Gasteiger charge is 2.01. The van der Waals surface area contributed by atoms with Crippen LogP contribution in [0, 0.1) is 0 Å². The molecule has 0 atom stereocenters. The van der Waals surface area contributed by atoms with E-state index < -0.39 is 0 Å². The molecule has 1 aromatic heterocycles. The van der Waals surface area contributed by atoms with Gasteiger partial charge in [-0.1, -0.05) is 30.3 Å². The van der Waals surface area contributed by atoms with E-state index in [9.17, 15) is 0 Å². The molecule has 0 bridgehead atoms. The zero-order chi connectivity index (χ0) is 10.5. The first kappa shape index (κ1) is 10.7. The van der Waals surface area contributed by atoms with E-state index >= 15 is 0 Å². The van der Waals surface area contributed by atoms with Gasteiger partial charge in [0.2, 0.25) is 0 Å². The molecule has 0 N–H and O–H groups in total. The van der Waals surface area contributed by atoms with Crippen LogP contribution in [0.4, 0.5) is 0 Å². The molecule has 0 aliphatic rings. The molecule has 0 spiro atoms. The summed E-state index contributed by atoms with van der Waals surface area (Å²) in [4.78, 5) is 1.04. The molecule has 0 saturated heterocycles. The molecule has 78 valence electrons. The van der Waals surface area contributed by atoms with Gasteiger partial charge in [0, 0.05) is 10.3 Å². The first-order valence-corrected chi connectivity index (χ1v) is 6.31. The number of rotatable bonds is 4. The maximum absolute atomic E-state index is 4.36. The minimum atomic E-state index is 1.03. The number of nitrogens with zero attached hydrogens (tertiary/aromatic N) is 1. The van der Waals surface area contributed by atoms with E-state index in [4.69, 9.17) is 0 Å². The van der Waals surface area contributed by atoms with Crippen molar-refractivity contribution in [2.75, 3.05) is 0 Å². The van der Waals surface area contributed by atoms with Gasteiger partial charge in [0.25, 0.3) is 0 Å². The highest BCUT2D eigenvalue weighted by Crippen LogP contribution is 2.17. The van der Waals surface area contributed by atoms with Crippen LogP contribution in [0.3, 0.4) is 0 Å². The lowest BCUT2D eigenvalue weighted by Gasteiger charge is -2.00. The Morgan fingerprint density at radius 2 is 1.93 bits per heavy atom. The average Bonchev–Trinajstić information content (AvgIpc) is 2.66. The lowest BCUT2D eigenvalue weighted by atomic mass is 10.1. The van der Waals surface area contributed by atoms with Crippen molar-refractivity contribution in [2.24, 2.45) is 0 Å². The second-order valence-electron chi connectivity index (χ2n) is 3.49. The summed E-state index contributed by atoms with van der Waals surface area (Å²) in [5.74, 6) is 0. The minimum Gasteiger partial charge on any atom is -0.197 e. The van der Waals surface area contributed by atoms with Crippen LogP contribution in [0.15, 0.2) is 40.6 Å². The van der Waals surface area contributed by atoms with Crippen LogP contribution in [-0.2, 0) is 12.8 Å². The average molecular weight is 235 g/mol. The molecule has 15 heavy (non-hydrogen) atoms. The van der Waals surface area contributed by atoms with Crippen LogP contribution >= 0.6 is 24.2 Å². The summed E-state index contributed by atoms with van der Waals surface area (Å²) in [7, 11) is 0. The molecule has 0 aliphatic heterocycles. The van der Waals surface area contributed by atoms with Gasteiger partial charge in [0.05, 0.1) is 5.69 Å². The van der Waals surface area contributed by atoms with Gasteiger partial charge in [-0.3, -0.25) is 0 Å². The van der Waals surface area contributed by atoms with Gasteiger partial charge >= 0.3 is 0 Å². The summed E-state index contributed by atoms with van der Waals surface area (Å²) >= 11 is 5.84. The summed E-state index contributed by atoms with van der Waals surface area (Å²) < 4.78 is 4.31. The lowest BCUT2D eigenvalue weighted by molar-refractivity contribution is 0.796. The van der Waals surface area contributed by atoms with E-state index in [1.54, 1.807) is 0 Å². The van der Waals surface area contributed by atoms with E-state index in [1.807, 2.05) is 5.38 Å². The third-order valence-electron chi connectivity index (χ3n) is 2.34. The van der Waals surface area contributed by atoms with Gasteiger partial charge in [0.1, 0.15) is 0 Å². The molecule has 1 heterocycles. The summed E-state index contributed by atoms with van der Waals surface area (Å²) in [5.41, 5.74) is 2.53. The van der Waals surface area contributed by atoms with Crippen molar-refractivity contribution >= 4 is 24.2 Å². The number of hydrogen-bond acceptors (Lipinski definition) is 3. The molecule has 0 saturated carbocycles. The largest absolute Gasteiger partial charge is 0.197 e. The molecule has 0 unspecified atom stereocenters. The number of benzene rings is 1. The molecule has 2 aromatic rings. The van der Waals surface area contributed by atoms with Crippen molar-refractivity contribution in [3.63, 3.8) is 0 Å². The lowest BCUT2D eigenvalue weighted by Crippen LogP contribution is -1.90. The Morgan fingerprint density at radius 1 is 1.13 bits per heavy atom. The molecule has 2 rings (SSSR count). The van der Waals surface area contributed by atoms with Crippen molar-refractivity contribution in [3.8, 4) is 0 Å². The highest BCUT2D eigenvalue weighted by atomic mass is 32.1. The molecule has 3 heteroatoms. The first-order valence-electron chi connectivity index (χ1n) is 5.02. The highest BCUT2D eigenvalue weighted by molar-refractivity contribution is 7.80. The van der Waals surface area contributed by atoms with E-state index in [2.05, 4.69) is 47.3 Å². The van der Waals surface area contributed by atoms with Crippen molar-refractivity contribution in [2.45, 2.75) is 24.2 Å². The van der Waals surface area contributed by atoms with Crippen LogP contribution in [0.1, 0.15) is 17.7 Å². The minimum absolute atomic E-state index is 1.03. The van der Waals surface area contributed by atoms with Crippen molar-refractivity contribution in [3.05, 3.63) is 47.0 Å². The molecule has 0 aliphatic carbocycles. The zero-order valence-corrected chi connectivity index (χ0v) is 10.1. The second-order valence-corrected chi connectivity index (χ2v) is 4.60. The van der Waals surface area contributed by atoms with E-state index in [1.165, 1.54) is 17.1 Å². The van der Waals surface area contributed by atoms with Crippen molar-refractivity contribution in [1.82, 2.24) is 4.37 Å². The molecule has 1 nitrogen and oxygen atoms in total. The van der Waals surface area contributed by atoms with Crippen molar-refractivity contribution < 1.29 is 0 Å².